The van der Waals surface area contributed by atoms with Crippen LogP contribution in [-0.4, -0.2) is 31.6 Å². The second-order valence-corrected chi connectivity index (χ2v) is 5.79. The molecule has 0 aliphatic carbocycles. The van der Waals surface area contributed by atoms with Crippen LogP contribution >= 0.6 is 12.4 Å². The molecular weight excluding hydrogens is 310 g/mol. The number of halogens is 1. The topological polar surface area (TPSA) is 29.5 Å². The van der Waals surface area contributed by atoms with Gasteiger partial charge in [0.2, 0.25) is 0 Å². The van der Waals surface area contributed by atoms with Crippen molar-refractivity contribution < 1.29 is 9.53 Å². The highest BCUT2D eigenvalue weighted by atomic mass is 35.5. The molecule has 0 spiro atoms. The highest BCUT2D eigenvalue weighted by molar-refractivity contribution is 5.87. The van der Waals surface area contributed by atoms with Crippen LogP contribution in [-0.2, 0) is 9.53 Å². The Morgan fingerprint density at radius 3 is 2.43 bits per heavy atom. The van der Waals surface area contributed by atoms with E-state index in [0.717, 1.165) is 6.42 Å². The van der Waals surface area contributed by atoms with Crippen LogP contribution in [0.1, 0.15) is 24.9 Å². The standard InChI is InChI=1S/C19H23NO2.ClH/c1-14(2)19(21)22-12-11-18(20(3)4)17-10-9-15-7-5-6-8-16(15)13-17;/h5-10,13,18H,1,11-12H2,2-4H3;1H. The van der Waals surface area contributed by atoms with Crippen LogP contribution in [0.5, 0.6) is 0 Å². The van der Waals surface area contributed by atoms with Gasteiger partial charge in [-0.15, -0.1) is 12.4 Å². The number of hydrogen-bond donors (Lipinski definition) is 0. The summed E-state index contributed by atoms with van der Waals surface area (Å²) < 4.78 is 5.23. The van der Waals surface area contributed by atoms with Crippen LogP contribution in [0.25, 0.3) is 10.8 Å². The van der Waals surface area contributed by atoms with Crippen LogP contribution in [0.3, 0.4) is 0 Å². The molecule has 3 nitrogen and oxygen atoms in total. The van der Waals surface area contributed by atoms with E-state index in [-0.39, 0.29) is 24.4 Å². The SMILES string of the molecule is C=C(C)C(=O)OCCC(c1ccc2ccccc2c1)N(C)C.Cl. The van der Waals surface area contributed by atoms with Crippen molar-refractivity contribution in [1.82, 2.24) is 4.90 Å². The molecule has 1 atom stereocenters. The van der Waals surface area contributed by atoms with E-state index in [4.69, 9.17) is 4.74 Å². The van der Waals surface area contributed by atoms with Gasteiger partial charge in [-0.25, -0.2) is 4.79 Å². The number of carbonyl (C=O) groups is 1. The Kier molecular flexibility index (Phi) is 7.27. The molecule has 2 aromatic carbocycles. The molecule has 0 heterocycles. The summed E-state index contributed by atoms with van der Waals surface area (Å²) in [7, 11) is 4.08. The molecular formula is C19H24ClNO2. The molecule has 0 radical (unpaired) electrons. The first-order valence-electron chi connectivity index (χ1n) is 7.47. The molecule has 0 fully saturated rings. The maximum atomic E-state index is 11.5. The Morgan fingerprint density at radius 1 is 1.17 bits per heavy atom. The lowest BCUT2D eigenvalue weighted by atomic mass is 9.99. The monoisotopic (exact) mass is 333 g/mol. The van der Waals surface area contributed by atoms with E-state index in [1.807, 2.05) is 26.2 Å². The molecule has 0 aliphatic rings. The normalized spacial score (nSPS) is 11.8. The van der Waals surface area contributed by atoms with Crippen molar-refractivity contribution in [3.8, 4) is 0 Å². The Balaban J connectivity index is 0.00000264. The van der Waals surface area contributed by atoms with Gasteiger partial charge in [0.15, 0.2) is 0 Å². The lowest BCUT2D eigenvalue weighted by Crippen LogP contribution is -2.22. The number of nitrogens with zero attached hydrogens (tertiary/aromatic N) is 1. The molecule has 0 aliphatic heterocycles. The summed E-state index contributed by atoms with van der Waals surface area (Å²) in [6.45, 7) is 5.65. The van der Waals surface area contributed by atoms with Crippen molar-refractivity contribution in [2.45, 2.75) is 19.4 Å². The molecule has 0 saturated carbocycles. The molecule has 2 rings (SSSR count). The van der Waals surface area contributed by atoms with Gasteiger partial charge in [-0.2, -0.15) is 0 Å². The number of ether oxygens (including phenoxy) is 1. The molecule has 0 amide bonds. The van der Waals surface area contributed by atoms with Gasteiger partial charge in [0.05, 0.1) is 6.61 Å². The van der Waals surface area contributed by atoms with Gasteiger partial charge >= 0.3 is 5.97 Å². The highest BCUT2D eigenvalue weighted by Gasteiger charge is 2.15. The van der Waals surface area contributed by atoms with Crippen LogP contribution in [0, 0.1) is 0 Å². The van der Waals surface area contributed by atoms with Crippen LogP contribution in [0.2, 0.25) is 0 Å². The van der Waals surface area contributed by atoms with Gasteiger partial charge < -0.3 is 9.64 Å². The Labute approximate surface area is 144 Å². The van der Waals surface area contributed by atoms with Crippen molar-refractivity contribution in [2.24, 2.45) is 0 Å². The number of hydrogen-bond acceptors (Lipinski definition) is 3. The molecule has 0 aromatic heterocycles. The van der Waals surface area contributed by atoms with Gasteiger partial charge in [-0.3, -0.25) is 0 Å². The third kappa shape index (κ3) is 5.08. The summed E-state index contributed by atoms with van der Waals surface area (Å²) in [5.41, 5.74) is 1.67. The molecule has 0 saturated heterocycles. The smallest absolute Gasteiger partial charge is 0.333 e. The second-order valence-electron chi connectivity index (χ2n) is 5.79. The number of esters is 1. The van der Waals surface area contributed by atoms with Crippen molar-refractivity contribution in [2.75, 3.05) is 20.7 Å². The summed E-state index contributed by atoms with van der Waals surface area (Å²) in [6.07, 6.45) is 0.754. The minimum Gasteiger partial charge on any atom is -0.462 e. The quantitative estimate of drug-likeness (QED) is 0.580. The number of fused-ring (bicyclic) bond motifs is 1. The molecule has 124 valence electrons. The van der Waals surface area contributed by atoms with E-state index in [2.05, 4.69) is 41.8 Å². The fourth-order valence-electron chi connectivity index (χ4n) is 2.52. The maximum absolute atomic E-state index is 11.5. The van der Waals surface area contributed by atoms with E-state index in [1.165, 1.54) is 16.3 Å². The van der Waals surface area contributed by atoms with Gasteiger partial charge in [0.1, 0.15) is 0 Å². The van der Waals surface area contributed by atoms with E-state index in [0.29, 0.717) is 12.2 Å². The zero-order valence-corrected chi connectivity index (χ0v) is 14.7. The minimum atomic E-state index is -0.323. The summed E-state index contributed by atoms with van der Waals surface area (Å²) in [4.78, 5) is 13.6. The van der Waals surface area contributed by atoms with Gasteiger partial charge in [-0.05, 0) is 43.4 Å². The number of rotatable bonds is 6. The zero-order chi connectivity index (χ0) is 16.1. The van der Waals surface area contributed by atoms with Gasteiger partial charge in [0.25, 0.3) is 0 Å². The minimum absolute atomic E-state index is 0. The first kappa shape index (κ1) is 19.2. The maximum Gasteiger partial charge on any atom is 0.333 e. The van der Waals surface area contributed by atoms with Crippen LogP contribution in [0.15, 0.2) is 54.6 Å². The van der Waals surface area contributed by atoms with E-state index in [9.17, 15) is 4.79 Å². The van der Waals surface area contributed by atoms with Crippen molar-refractivity contribution >= 4 is 29.1 Å². The van der Waals surface area contributed by atoms with E-state index in [1.54, 1.807) is 6.92 Å². The highest BCUT2D eigenvalue weighted by Crippen LogP contribution is 2.26. The predicted molar refractivity (Wildman–Crippen MR) is 98.0 cm³/mol. The largest absolute Gasteiger partial charge is 0.462 e. The first-order chi connectivity index (χ1) is 10.5. The molecule has 0 N–H and O–H groups in total. The molecule has 23 heavy (non-hydrogen) atoms. The van der Waals surface area contributed by atoms with Crippen molar-refractivity contribution in [3.05, 3.63) is 60.2 Å². The lowest BCUT2D eigenvalue weighted by Gasteiger charge is -2.25. The fraction of sp³-hybridized carbons (Fsp3) is 0.316. The first-order valence-corrected chi connectivity index (χ1v) is 7.47. The molecule has 1 unspecified atom stereocenters. The fourth-order valence-corrected chi connectivity index (χ4v) is 2.52. The van der Waals surface area contributed by atoms with Crippen LogP contribution < -0.4 is 0 Å². The van der Waals surface area contributed by atoms with E-state index >= 15 is 0 Å². The van der Waals surface area contributed by atoms with Crippen molar-refractivity contribution in [1.29, 1.82) is 0 Å². The van der Waals surface area contributed by atoms with Crippen LogP contribution in [0.4, 0.5) is 0 Å². The molecule has 2 aromatic rings. The Hall–Kier alpha value is -1.84. The Bertz CT molecular complexity index is 682. The second kappa shape index (κ2) is 8.70. The van der Waals surface area contributed by atoms with Crippen molar-refractivity contribution in [3.63, 3.8) is 0 Å². The summed E-state index contributed by atoms with van der Waals surface area (Å²) >= 11 is 0. The third-order valence-corrected chi connectivity index (χ3v) is 3.75. The van der Waals surface area contributed by atoms with Gasteiger partial charge in [0, 0.05) is 18.0 Å². The summed E-state index contributed by atoms with van der Waals surface area (Å²) in [6, 6.07) is 15.0. The zero-order valence-electron chi connectivity index (χ0n) is 13.9. The molecule has 4 heteroatoms. The average Bonchev–Trinajstić information content (AvgIpc) is 2.50. The number of benzene rings is 2. The Morgan fingerprint density at radius 2 is 1.83 bits per heavy atom. The molecule has 0 bridgehead atoms. The predicted octanol–water partition coefficient (Wildman–Crippen LogP) is 4.37. The average molecular weight is 334 g/mol. The third-order valence-electron chi connectivity index (χ3n) is 3.75. The summed E-state index contributed by atoms with van der Waals surface area (Å²) in [5, 5.41) is 2.46. The number of carbonyl (C=O) groups excluding carboxylic acids is 1. The van der Waals surface area contributed by atoms with Gasteiger partial charge in [-0.1, -0.05) is 43.0 Å². The van der Waals surface area contributed by atoms with E-state index < -0.39 is 0 Å². The lowest BCUT2D eigenvalue weighted by molar-refractivity contribution is -0.139. The summed E-state index contributed by atoms with van der Waals surface area (Å²) in [5.74, 6) is -0.323.